The number of ketones is 1. The van der Waals surface area contributed by atoms with Crippen LogP contribution in [0.4, 0.5) is 4.39 Å². The van der Waals surface area contributed by atoms with Crippen molar-refractivity contribution < 1.29 is 33.5 Å². The van der Waals surface area contributed by atoms with E-state index in [1.54, 1.807) is 6.08 Å². The predicted molar refractivity (Wildman–Crippen MR) is 156 cm³/mol. The van der Waals surface area contributed by atoms with Crippen LogP contribution in [0.2, 0.25) is 0 Å². The molecular formula is C26H47FIN3O6. The summed E-state index contributed by atoms with van der Waals surface area (Å²) in [5.74, 6) is -0.682. The summed E-state index contributed by atoms with van der Waals surface area (Å²) in [6.45, 7) is 6.08. The van der Waals surface area contributed by atoms with Crippen LogP contribution >= 0.6 is 20.7 Å². The van der Waals surface area contributed by atoms with Gasteiger partial charge in [-0.2, -0.15) is 0 Å². The van der Waals surface area contributed by atoms with Gasteiger partial charge < -0.3 is 21.3 Å². The van der Waals surface area contributed by atoms with Crippen molar-refractivity contribution in [2.24, 2.45) is 11.5 Å². The maximum absolute atomic E-state index is 12.1. The molecule has 0 aromatic heterocycles. The number of nitrogens with one attached hydrogen (secondary N) is 1. The van der Waals surface area contributed by atoms with Crippen molar-refractivity contribution >= 4 is 36.0 Å². The Hall–Kier alpha value is -1.35. The fraction of sp³-hybridized carbons (Fsp3) is 0.654. The Kier molecular flexibility index (Phi) is 29.8. The van der Waals surface area contributed by atoms with Crippen molar-refractivity contribution in [2.45, 2.75) is 64.4 Å². The SMILES string of the molecule is C=C/C=C\C=C(/CC)CN.CONOCC1OC(=O)C(=ICCCCCCCCCN)C1=O.OCCF. The van der Waals surface area contributed by atoms with Crippen LogP contribution in [0.25, 0.3) is 0 Å². The van der Waals surface area contributed by atoms with E-state index in [4.69, 9.17) is 26.1 Å². The van der Waals surface area contributed by atoms with Gasteiger partial charge in [0.1, 0.15) is 16.8 Å². The molecule has 1 aliphatic rings. The summed E-state index contributed by atoms with van der Waals surface area (Å²) < 4.78 is 16.8. The Morgan fingerprint density at radius 3 is 2.30 bits per heavy atom. The van der Waals surface area contributed by atoms with Gasteiger partial charge in [-0.15, -0.1) is 20.7 Å². The molecular weight excluding hydrogens is 596 g/mol. The number of rotatable bonds is 18. The summed E-state index contributed by atoms with van der Waals surface area (Å²) in [5, 5.41) is 7.50. The number of hydrogen-bond acceptors (Lipinski definition) is 9. The number of ether oxygens (including phenoxy) is 1. The molecule has 0 spiro atoms. The van der Waals surface area contributed by atoms with Crippen molar-refractivity contribution in [1.82, 2.24) is 5.64 Å². The molecule has 0 aromatic carbocycles. The maximum Gasteiger partial charge on any atom is 0.348 e. The molecule has 0 saturated carbocycles. The smallest absolute Gasteiger partial charge is 0.348 e. The Bertz CT molecular complexity index is 681. The monoisotopic (exact) mass is 643 g/mol. The molecule has 1 heterocycles. The highest BCUT2D eigenvalue weighted by Gasteiger charge is 2.39. The number of cyclic esters (lactones) is 1. The van der Waals surface area contributed by atoms with Gasteiger partial charge in [-0.05, 0) is 30.2 Å². The molecule has 0 bridgehead atoms. The van der Waals surface area contributed by atoms with E-state index in [1.807, 2.05) is 18.2 Å². The number of esters is 1. The number of halogens is 2. The second kappa shape index (κ2) is 29.2. The number of Topliss-reactive ketones (excluding diaryl/α,β-unsaturated/α-hetero) is 1. The zero-order valence-corrected chi connectivity index (χ0v) is 24.5. The molecule has 1 atom stereocenters. The molecule has 6 N–H and O–H groups in total. The second-order valence-corrected chi connectivity index (χ2v) is 10.6. The van der Waals surface area contributed by atoms with Gasteiger partial charge in [0, 0.05) is 6.54 Å². The summed E-state index contributed by atoms with van der Waals surface area (Å²) in [7, 11) is 1.39. The van der Waals surface area contributed by atoms with Crippen molar-refractivity contribution in [2.75, 3.05) is 44.5 Å². The third-order valence-corrected chi connectivity index (χ3v) is 7.80. The number of carbonyl (C=O) groups is 2. The third-order valence-electron chi connectivity index (χ3n) is 4.76. The Morgan fingerprint density at radius 2 is 1.78 bits per heavy atom. The van der Waals surface area contributed by atoms with E-state index in [-0.39, 0.29) is 19.0 Å². The highest BCUT2D eigenvalue weighted by molar-refractivity contribution is 14.2. The zero-order valence-electron chi connectivity index (χ0n) is 22.4. The first-order chi connectivity index (χ1) is 18.0. The quantitative estimate of drug-likeness (QED) is 0.0441. The molecule has 0 aliphatic carbocycles. The van der Waals surface area contributed by atoms with Crippen LogP contribution in [-0.4, -0.2) is 71.0 Å². The molecule has 216 valence electrons. The molecule has 0 aromatic rings. The van der Waals surface area contributed by atoms with E-state index in [1.165, 1.54) is 38.4 Å². The summed E-state index contributed by atoms with van der Waals surface area (Å²) in [4.78, 5) is 33.1. The van der Waals surface area contributed by atoms with Gasteiger partial charge in [0.15, 0.2) is 6.10 Å². The Balaban J connectivity index is 0. The lowest BCUT2D eigenvalue weighted by atomic mass is 10.1. The zero-order chi connectivity index (χ0) is 28.2. The van der Waals surface area contributed by atoms with Crippen molar-refractivity contribution in [3.05, 3.63) is 36.5 Å². The van der Waals surface area contributed by atoms with Gasteiger partial charge in [-0.3, -0.25) is 14.5 Å². The van der Waals surface area contributed by atoms with Crippen molar-refractivity contribution in [3.63, 3.8) is 0 Å². The van der Waals surface area contributed by atoms with Crippen molar-refractivity contribution in [1.29, 1.82) is 0 Å². The van der Waals surface area contributed by atoms with E-state index in [2.05, 4.69) is 24.0 Å². The van der Waals surface area contributed by atoms with Gasteiger partial charge in [-0.25, -0.2) is 9.18 Å². The summed E-state index contributed by atoms with van der Waals surface area (Å²) >= 11 is -0.569. The molecule has 1 saturated heterocycles. The van der Waals surface area contributed by atoms with Crippen LogP contribution in [0.3, 0.4) is 0 Å². The number of unbranched alkanes of at least 4 members (excludes halogenated alkanes) is 6. The van der Waals surface area contributed by atoms with Gasteiger partial charge in [-0.1, -0.05) is 81.1 Å². The first-order valence-electron chi connectivity index (χ1n) is 12.6. The largest absolute Gasteiger partial charge is 0.447 e. The highest BCUT2D eigenvalue weighted by atomic mass is 127. The minimum atomic E-state index is -0.831. The lowest BCUT2D eigenvalue weighted by molar-refractivity contribution is -0.175. The number of alkyl halides is 2. The topological polar surface area (TPSA) is 146 Å². The average molecular weight is 644 g/mol. The fourth-order valence-corrected chi connectivity index (χ4v) is 5.38. The summed E-state index contributed by atoms with van der Waals surface area (Å²) in [6.07, 6.45) is 16.1. The Labute approximate surface area is 231 Å². The number of aliphatic hydroxyl groups excluding tert-OH is 1. The number of hydrogen-bond donors (Lipinski definition) is 4. The van der Waals surface area contributed by atoms with Crippen LogP contribution in [0.15, 0.2) is 36.5 Å². The molecule has 0 radical (unpaired) electrons. The lowest BCUT2D eigenvalue weighted by Crippen LogP contribution is -2.28. The molecule has 9 nitrogen and oxygen atoms in total. The number of allylic oxidation sites excluding steroid dienone is 4. The maximum atomic E-state index is 12.1. The predicted octanol–water partition coefficient (Wildman–Crippen LogP) is 3.37. The minimum absolute atomic E-state index is 0.0333. The minimum Gasteiger partial charge on any atom is -0.447 e. The van der Waals surface area contributed by atoms with E-state index in [9.17, 15) is 14.0 Å². The standard InChI is InChI=1S/C15H27IN2O5.C9H15N.C2H5FO/c1-21-18-22-11-12-14(19)13(15(20)23-12)16-9-7-5-3-2-4-6-8-10-17;1-3-5-6-7-9(4-2)8-10;3-1-2-4/h12,18H,2-11,17H2,1H3;3,5-7H,1,4,8,10H2,2H3;4H,1-2H2/b;6-5-,9-7+;. The van der Waals surface area contributed by atoms with E-state index >= 15 is 0 Å². The lowest BCUT2D eigenvalue weighted by Gasteiger charge is -2.06. The van der Waals surface area contributed by atoms with E-state index in [0.717, 1.165) is 36.7 Å². The summed E-state index contributed by atoms with van der Waals surface area (Å²) in [5.41, 5.74) is 14.3. The Morgan fingerprint density at radius 1 is 1.16 bits per heavy atom. The third kappa shape index (κ3) is 22.4. The highest BCUT2D eigenvalue weighted by Crippen LogP contribution is 2.17. The van der Waals surface area contributed by atoms with Crippen LogP contribution in [0.1, 0.15) is 58.3 Å². The van der Waals surface area contributed by atoms with E-state index in [0.29, 0.717) is 10.1 Å². The van der Waals surface area contributed by atoms with Crippen LogP contribution in [0, 0.1) is 0 Å². The number of aliphatic hydroxyl groups is 1. The molecule has 11 heteroatoms. The second-order valence-electron chi connectivity index (χ2n) is 7.67. The summed E-state index contributed by atoms with van der Waals surface area (Å²) in [6, 6.07) is 0. The van der Waals surface area contributed by atoms with E-state index < -0.39 is 39.5 Å². The van der Waals surface area contributed by atoms with Crippen LogP contribution in [0.5, 0.6) is 0 Å². The first kappa shape index (κ1) is 37.8. The molecule has 1 aliphatic heterocycles. The first-order valence-corrected chi connectivity index (χ1v) is 15.2. The molecule has 37 heavy (non-hydrogen) atoms. The number of nitrogens with two attached hydrogens (primary N) is 2. The van der Waals surface area contributed by atoms with Gasteiger partial charge in [0.05, 0.1) is 13.7 Å². The normalized spacial score (nSPS) is 16.5. The van der Waals surface area contributed by atoms with Gasteiger partial charge >= 0.3 is 5.97 Å². The molecule has 1 fully saturated rings. The average Bonchev–Trinajstić information content (AvgIpc) is 3.18. The van der Waals surface area contributed by atoms with Gasteiger partial charge in [0.2, 0.25) is 5.78 Å². The fourth-order valence-electron chi connectivity index (χ4n) is 2.76. The molecule has 1 unspecified atom stereocenters. The van der Waals surface area contributed by atoms with Gasteiger partial charge in [0.25, 0.3) is 0 Å². The van der Waals surface area contributed by atoms with Crippen LogP contribution in [-0.2, 0) is 24.0 Å². The van der Waals surface area contributed by atoms with Crippen LogP contribution < -0.4 is 17.1 Å². The van der Waals surface area contributed by atoms with Crippen molar-refractivity contribution in [3.8, 4) is 0 Å². The molecule has 0 amide bonds. The molecule has 1 rings (SSSR count). The number of carbonyl (C=O) groups excluding carboxylic acids is 2.